The number of aliphatic hydroxyl groups excluding tert-OH is 1. The SMILES string of the molecule is Cc1ncc(CNC(C)CCO)[nH]1. The second-order valence-electron chi connectivity index (χ2n) is 3.29. The molecule has 0 saturated carbocycles. The summed E-state index contributed by atoms with van der Waals surface area (Å²) in [6.07, 6.45) is 2.61. The number of aromatic nitrogens is 2. The summed E-state index contributed by atoms with van der Waals surface area (Å²) in [6.45, 7) is 5.00. The lowest BCUT2D eigenvalue weighted by molar-refractivity contribution is 0.268. The highest BCUT2D eigenvalue weighted by Gasteiger charge is 2.01. The zero-order valence-electron chi connectivity index (χ0n) is 8.17. The van der Waals surface area contributed by atoms with Gasteiger partial charge >= 0.3 is 0 Å². The van der Waals surface area contributed by atoms with Crippen molar-refractivity contribution in [3.05, 3.63) is 17.7 Å². The molecule has 74 valence electrons. The predicted molar refractivity (Wildman–Crippen MR) is 51.3 cm³/mol. The maximum atomic E-state index is 8.68. The summed E-state index contributed by atoms with van der Waals surface area (Å²) in [4.78, 5) is 7.23. The van der Waals surface area contributed by atoms with Crippen molar-refractivity contribution in [2.75, 3.05) is 6.61 Å². The Morgan fingerprint density at radius 3 is 3.00 bits per heavy atom. The summed E-state index contributed by atoms with van der Waals surface area (Å²) in [7, 11) is 0. The molecule has 1 rings (SSSR count). The average Bonchev–Trinajstić information content (AvgIpc) is 2.49. The zero-order chi connectivity index (χ0) is 9.68. The molecule has 0 bridgehead atoms. The third-order valence-corrected chi connectivity index (χ3v) is 1.96. The Hall–Kier alpha value is -0.870. The summed E-state index contributed by atoms with van der Waals surface area (Å²) in [5.41, 5.74) is 1.09. The monoisotopic (exact) mass is 183 g/mol. The number of rotatable bonds is 5. The fourth-order valence-electron chi connectivity index (χ4n) is 1.14. The molecule has 1 aromatic heterocycles. The van der Waals surface area contributed by atoms with Crippen molar-refractivity contribution < 1.29 is 5.11 Å². The molecule has 4 heteroatoms. The lowest BCUT2D eigenvalue weighted by atomic mass is 10.2. The molecule has 0 aromatic carbocycles. The highest BCUT2D eigenvalue weighted by atomic mass is 16.3. The van der Waals surface area contributed by atoms with Gasteiger partial charge in [-0.1, -0.05) is 0 Å². The Kier molecular flexibility index (Phi) is 3.92. The molecule has 13 heavy (non-hydrogen) atoms. The maximum absolute atomic E-state index is 8.68. The van der Waals surface area contributed by atoms with E-state index in [1.165, 1.54) is 0 Å². The number of H-pyrrole nitrogens is 1. The lowest BCUT2D eigenvalue weighted by Gasteiger charge is -2.10. The van der Waals surface area contributed by atoms with E-state index in [1.54, 1.807) is 0 Å². The van der Waals surface area contributed by atoms with Gasteiger partial charge in [0.15, 0.2) is 0 Å². The van der Waals surface area contributed by atoms with Crippen LogP contribution in [0.25, 0.3) is 0 Å². The first-order chi connectivity index (χ1) is 6.22. The van der Waals surface area contributed by atoms with Crippen LogP contribution < -0.4 is 5.32 Å². The molecule has 0 amide bonds. The molecule has 0 fully saturated rings. The Morgan fingerprint density at radius 2 is 2.46 bits per heavy atom. The summed E-state index contributed by atoms with van der Waals surface area (Å²) >= 11 is 0. The van der Waals surface area contributed by atoms with Gasteiger partial charge in [-0.05, 0) is 20.3 Å². The molecule has 3 N–H and O–H groups in total. The first kappa shape index (κ1) is 10.2. The number of nitrogens with one attached hydrogen (secondary N) is 2. The molecule has 0 radical (unpaired) electrons. The largest absolute Gasteiger partial charge is 0.396 e. The van der Waals surface area contributed by atoms with E-state index in [0.717, 1.165) is 24.5 Å². The van der Waals surface area contributed by atoms with Crippen LogP contribution in [0.5, 0.6) is 0 Å². The third kappa shape index (κ3) is 3.57. The van der Waals surface area contributed by atoms with E-state index >= 15 is 0 Å². The van der Waals surface area contributed by atoms with Crippen LogP contribution in [0.1, 0.15) is 24.9 Å². The van der Waals surface area contributed by atoms with E-state index in [-0.39, 0.29) is 6.61 Å². The Balaban J connectivity index is 2.26. The Bertz CT molecular complexity index is 247. The average molecular weight is 183 g/mol. The summed E-state index contributed by atoms with van der Waals surface area (Å²) < 4.78 is 0. The van der Waals surface area contributed by atoms with E-state index < -0.39 is 0 Å². The first-order valence-corrected chi connectivity index (χ1v) is 4.57. The second kappa shape index (κ2) is 4.99. The number of hydrogen-bond acceptors (Lipinski definition) is 3. The lowest BCUT2D eigenvalue weighted by Crippen LogP contribution is -2.26. The quantitative estimate of drug-likeness (QED) is 0.625. The van der Waals surface area contributed by atoms with Gasteiger partial charge in [-0.25, -0.2) is 4.98 Å². The van der Waals surface area contributed by atoms with Crippen LogP contribution in [0.2, 0.25) is 0 Å². The maximum Gasteiger partial charge on any atom is 0.103 e. The van der Waals surface area contributed by atoms with Gasteiger partial charge in [-0.15, -0.1) is 0 Å². The van der Waals surface area contributed by atoms with Gasteiger partial charge in [0.05, 0.1) is 0 Å². The molecule has 0 aliphatic heterocycles. The molecule has 0 aliphatic carbocycles. The van der Waals surface area contributed by atoms with Crippen LogP contribution in [-0.4, -0.2) is 27.7 Å². The Morgan fingerprint density at radius 1 is 1.69 bits per heavy atom. The fraction of sp³-hybridized carbons (Fsp3) is 0.667. The van der Waals surface area contributed by atoms with E-state index in [2.05, 4.69) is 22.2 Å². The minimum absolute atomic E-state index is 0.232. The number of nitrogens with zero attached hydrogens (tertiary/aromatic N) is 1. The Labute approximate surface area is 78.4 Å². The van der Waals surface area contributed by atoms with Crippen molar-refractivity contribution in [3.8, 4) is 0 Å². The number of aryl methyl sites for hydroxylation is 1. The van der Waals surface area contributed by atoms with Gasteiger partial charge in [-0.3, -0.25) is 0 Å². The van der Waals surface area contributed by atoms with Gasteiger partial charge in [-0.2, -0.15) is 0 Å². The van der Waals surface area contributed by atoms with Crippen LogP contribution in [0.4, 0.5) is 0 Å². The molecule has 1 heterocycles. The van der Waals surface area contributed by atoms with Crippen molar-refractivity contribution >= 4 is 0 Å². The van der Waals surface area contributed by atoms with Gasteiger partial charge in [0.1, 0.15) is 5.82 Å². The second-order valence-corrected chi connectivity index (χ2v) is 3.29. The highest BCUT2D eigenvalue weighted by Crippen LogP contribution is 1.96. The predicted octanol–water partition coefficient (Wildman–Crippen LogP) is 0.579. The van der Waals surface area contributed by atoms with Gasteiger partial charge < -0.3 is 15.4 Å². The molecule has 0 spiro atoms. The molecular formula is C9H17N3O. The normalized spacial score (nSPS) is 13.2. The van der Waals surface area contributed by atoms with Crippen LogP contribution in [0.3, 0.4) is 0 Å². The van der Waals surface area contributed by atoms with E-state index in [4.69, 9.17) is 5.11 Å². The van der Waals surface area contributed by atoms with Crippen molar-refractivity contribution in [1.82, 2.24) is 15.3 Å². The molecular weight excluding hydrogens is 166 g/mol. The van der Waals surface area contributed by atoms with Crippen LogP contribution >= 0.6 is 0 Å². The van der Waals surface area contributed by atoms with E-state index in [1.807, 2.05) is 13.1 Å². The van der Waals surface area contributed by atoms with Crippen molar-refractivity contribution in [2.24, 2.45) is 0 Å². The summed E-state index contributed by atoms with van der Waals surface area (Å²) in [5.74, 6) is 0.937. The third-order valence-electron chi connectivity index (χ3n) is 1.96. The fourth-order valence-corrected chi connectivity index (χ4v) is 1.14. The minimum Gasteiger partial charge on any atom is -0.396 e. The molecule has 1 aromatic rings. The molecule has 1 atom stereocenters. The number of aromatic amines is 1. The van der Waals surface area contributed by atoms with Crippen molar-refractivity contribution in [2.45, 2.75) is 32.9 Å². The number of aliphatic hydroxyl groups is 1. The number of imidazole rings is 1. The zero-order valence-corrected chi connectivity index (χ0v) is 8.17. The molecule has 4 nitrogen and oxygen atoms in total. The summed E-state index contributed by atoms with van der Waals surface area (Å²) in [6, 6.07) is 0.341. The van der Waals surface area contributed by atoms with Crippen LogP contribution in [-0.2, 0) is 6.54 Å². The van der Waals surface area contributed by atoms with E-state index in [9.17, 15) is 0 Å². The van der Waals surface area contributed by atoms with Gasteiger partial charge in [0.25, 0.3) is 0 Å². The van der Waals surface area contributed by atoms with E-state index in [0.29, 0.717) is 6.04 Å². The summed E-state index contributed by atoms with van der Waals surface area (Å²) in [5, 5.41) is 12.0. The molecule has 0 saturated heterocycles. The van der Waals surface area contributed by atoms with Crippen molar-refractivity contribution in [1.29, 1.82) is 0 Å². The van der Waals surface area contributed by atoms with Gasteiger partial charge in [0.2, 0.25) is 0 Å². The minimum atomic E-state index is 0.232. The smallest absolute Gasteiger partial charge is 0.103 e. The topological polar surface area (TPSA) is 60.9 Å². The van der Waals surface area contributed by atoms with Crippen LogP contribution in [0.15, 0.2) is 6.20 Å². The molecule has 0 aliphatic rings. The first-order valence-electron chi connectivity index (χ1n) is 4.57. The van der Waals surface area contributed by atoms with Crippen LogP contribution in [0, 0.1) is 6.92 Å². The molecule has 1 unspecified atom stereocenters. The van der Waals surface area contributed by atoms with Crippen molar-refractivity contribution in [3.63, 3.8) is 0 Å². The number of hydrogen-bond donors (Lipinski definition) is 3. The van der Waals surface area contributed by atoms with Gasteiger partial charge in [0, 0.05) is 31.1 Å². The standard InChI is InChI=1S/C9H17N3O/c1-7(3-4-13)10-5-9-6-11-8(2)12-9/h6-7,10,13H,3-5H2,1-2H3,(H,11,12). The highest BCUT2D eigenvalue weighted by molar-refractivity contribution is 4.99.